The first-order chi connectivity index (χ1) is 9.06. The van der Waals surface area contributed by atoms with Gasteiger partial charge in [0.25, 0.3) is 0 Å². The van der Waals surface area contributed by atoms with Crippen LogP contribution >= 0.6 is 28.1 Å². The normalized spacial score (nSPS) is 16.2. The van der Waals surface area contributed by atoms with Crippen LogP contribution in [0.3, 0.4) is 0 Å². The topological polar surface area (TPSA) is 24.1 Å². The quantitative estimate of drug-likeness (QED) is 0.764. The number of benzene rings is 1. The number of rotatable bonds is 2. The average Bonchev–Trinajstić information content (AvgIpc) is 2.35. The van der Waals surface area contributed by atoms with E-state index in [-0.39, 0.29) is 0 Å². The molecule has 0 aromatic heterocycles. The molecule has 0 spiro atoms. The van der Waals surface area contributed by atoms with Gasteiger partial charge in [-0.25, -0.2) is 0 Å². The number of aryl methyl sites for hydroxylation is 2. The summed E-state index contributed by atoms with van der Waals surface area (Å²) in [6.45, 7) is 4.20. The van der Waals surface area contributed by atoms with Crippen molar-refractivity contribution in [3.63, 3.8) is 0 Å². The maximum absolute atomic E-state index is 5.43. The highest BCUT2D eigenvalue weighted by atomic mass is 79.9. The van der Waals surface area contributed by atoms with Crippen LogP contribution in [0.2, 0.25) is 0 Å². The monoisotopic (exact) mass is 340 g/mol. The van der Waals surface area contributed by atoms with Crippen LogP contribution in [-0.2, 0) is 0 Å². The molecule has 4 heteroatoms. The van der Waals surface area contributed by atoms with E-state index in [1.165, 1.54) is 43.2 Å². The van der Waals surface area contributed by atoms with E-state index >= 15 is 0 Å². The molecule has 2 rings (SSSR count). The van der Waals surface area contributed by atoms with Gasteiger partial charge in [-0.2, -0.15) is 0 Å². The zero-order valence-corrected chi connectivity index (χ0v) is 14.0. The summed E-state index contributed by atoms with van der Waals surface area (Å²) in [4.78, 5) is 0. The summed E-state index contributed by atoms with van der Waals surface area (Å²) in [6, 6.07) is 4.81. The van der Waals surface area contributed by atoms with Crippen LogP contribution in [0.15, 0.2) is 16.6 Å². The largest absolute Gasteiger partial charge is 0.360 e. The Balaban J connectivity index is 1.98. The van der Waals surface area contributed by atoms with Gasteiger partial charge in [-0.3, -0.25) is 0 Å². The third kappa shape index (κ3) is 4.18. The number of anilines is 1. The van der Waals surface area contributed by atoms with Gasteiger partial charge < -0.3 is 10.6 Å². The van der Waals surface area contributed by atoms with Crippen LogP contribution in [0.25, 0.3) is 0 Å². The third-order valence-corrected chi connectivity index (χ3v) is 4.46. The molecule has 1 fully saturated rings. The van der Waals surface area contributed by atoms with Crippen LogP contribution in [0, 0.1) is 13.8 Å². The Labute approximate surface area is 129 Å². The Morgan fingerprint density at radius 3 is 2.53 bits per heavy atom. The van der Waals surface area contributed by atoms with Crippen LogP contribution in [0.5, 0.6) is 0 Å². The van der Waals surface area contributed by atoms with E-state index in [0.29, 0.717) is 6.04 Å². The van der Waals surface area contributed by atoms with E-state index in [0.717, 1.165) is 15.3 Å². The van der Waals surface area contributed by atoms with Crippen molar-refractivity contribution in [3.05, 3.63) is 27.7 Å². The van der Waals surface area contributed by atoms with Gasteiger partial charge in [-0.1, -0.05) is 25.3 Å². The molecular formula is C15H21BrN2S. The van der Waals surface area contributed by atoms with E-state index in [2.05, 4.69) is 52.5 Å². The van der Waals surface area contributed by atoms with Crippen molar-refractivity contribution in [1.82, 2.24) is 5.32 Å². The lowest BCUT2D eigenvalue weighted by Gasteiger charge is -2.25. The van der Waals surface area contributed by atoms with E-state index in [4.69, 9.17) is 12.2 Å². The number of thiocarbonyl (C=S) groups is 1. The number of nitrogens with one attached hydrogen (secondary N) is 2. The minimum atomic E-state index is 0.540. The molecule has 19 heavy (non-hydrogen) atoms. The van der Waals surface area contributed by atoms with Crippen molar-refractivity contribution < 1.29 is 0 Å². The van der Waals surface area contributed by atoms with E-state index in [1.807, 2.05) is 0 Å². The molecule has 0 saturated heterocycles. The van der Waals surface area contributed by atoms with Gasteiger partial charge in [0.1, 0.15) is 0 Å². The first-order valence-corrected chi connectivity index (χ1v) is 8.10. The Morgan fingerprint density at radius 2 is 1.89 bits per heavy atom. The lowest BCUT2D eigenvalue weighted by molar-refractivity contribution is 0.415. The summed E-state index contributed by atoms with van der Waals surface area (Å²) in [7, 11) is 0. The van der Waals surface area contributed by atoms with Gasteiger partial charge in [-0.05, 0) is 72.0 Å². The van der Waals surface area contributed by atoms with E-state index < -0.39 is 0 Å². The smallest absolute Gasteiger partial charge is 0.171 e. The maximum atomic E-state index is 5.43. The fourth-order valence-electron chi connectivity index (χ4n) is 2.66. The summed E-state index contributed by atoms with van der Waals surface area (Å²) in [5.74, 6) is 0. The predicted octanol–water partition coefficient (Wildman–Crippen LogP) is 4.69. The summed E-state index contributed by atoms with van der Waals surface area (Å²) in [5.41, 5.74) is 3.53. The van der Waals surface area contributed by atoms with Crippen LogP contribution in [0.4, 0.5) is 5.69 Å². The second-order valence-corrected chi connectivity index (χ2v) is 6.63. The molecule has 1 aliphatic rings. The van der Waals surface area contributed by atoms with Gasteiger partial charge in [0.05, 0.1) is 5.69 Å². The standard InChI is InChI=1S/C15H21BrN2S/c1-10-8-11(2)14(13(16)9-10)18-15(19)17-12-6-4-3-5-7-12/h8-9,12H,3-7H2,1-2H3,(H2,17,18,19). The zero-order chi connectivity index (χ0) is 13.8. The first kappa shape index (κ1) is 14.8. The number of hydrogen-bond donors (Lipinski definition) is 2. The molecule has 1 aromatic carbocycles. The molecule has 0 heterocycles. The highest BCUT2D eigenvalue weighted by molar-refractivity contribution is 9.10. The SMILES string of the molecule is Cc1cc(C)c(NC(=S)NC2CCCCC2)c(Br)c1. The van der Waals surface area contributed by atoms with Crippen molar-refractivity contribution >= 4 is 38.9 Å². The third-order valence-electron chi connectivity index (χ3n) is 3.61. The lowest BCUT2D eigenvalue weighted by atomic mass is 9.96. The molecule has 104 valence electrons. The average molecular weight is 341 g/mol. The molecule has 0 atom stereocenters. The molecule has 0 amide bonds. The zero-order valence-electron chi connectivity index (χ0n) is 11.6. The number of halogens is 1. The van der Waals surface area contributed by atoms with Crippen LogP contribution < -0.4 is 10.6 Å². The first-order valence-electron chi connectivity index (χ1n) is 6.90. The summed E-state index contributed by atoms with van der Waals surface area (Å²) in [6.07, 6.45) is 6.45. The Bertz CT molecular complexity index is 444. The predicted molar refractivity (Wildman–Crippen MR) is 89.8 cm³/mol. The summed E-state index contributed by atoms with van der Waals surface area (Å²) in [5, 5.41) is 7.50. The van der Waals surface area contributed by atoms with Gasteiger partial charge in [0.2, 0.25) is 0 Å². The van der Waals surface area contributed by atoms with Crippen molar-refractivity contribution in [1.29, 1.82) is 0 Å². The van der Waals surface area contributed by atoms with Crippen molar-refractivity contribution in [2.45, 2.75) is 52.0 Å². The second kappa shape index (κ2) is 6.71. The Kier molecular flexibility index (Phi) is 5.22. The molecular weight excluding hydrogens is 320 g/mol. The van der Waals surface area contributed by atoms with E-state index in [1.54, 1.807) is 0 Å². The van der Waals surface area contributed by atoms with Gasteiger partial charge in [0, 0.05) is 10.5 Å². The Hall–Kier alpha value is -0.610. The molecule has 0 bridgehead atoms. The fraction of sp³-hybridized carbons (Fsp3) is 0.533. The molecule has 0 radical (unpaired) electrons. The molecule has 2 N–H and O–H groups in total. The Morgan fingerprint density at radius 1 is 1.21 bits per heavy atom. The maximum Gasteiger partial charge on any atom is 0.171 e. The second-order valence-electron chi connectivity index (χ2n) is 5.37. The van der Waals surface area contributed by atoms with Gasteiger partial charge >= 0.3 is 0 Å². The van der Waals surface area contributed by atoms with Crippen molar-refractivity contribution in [2.75, 3.05) is 5.32 Å². The molecule has 0 aliphatic heterocycles. The highest BCUT2D eigenvalue weighted by Gasteiger charge is 2.15. The molecule has 1 aromatic rings. The number of hydrogen-bond acceptors (Lipinski definition) is 1. The van der Waals surface area contributed by atoms with E-state index in [9.17, 15) is 0 Å². The molecule has 2 nitrogen and oxygen atoms in total. The van der Waals surface area contributed by atoms with Crippen LogP contribution in [0.1, 0.15) is 43.2 Å². The van der Waals surface area contributed by atoms with Gasteiger partial charge in [0.15, 0.2) is 5.11 Å². The fourth-order valence-corrected chi connectivity index (χ4v) is 3.70. The summed E-state index contributed by atoms with van der Waals surface area (Å²) < 4.78 is 1.07. The van der Waals surface area contributed by atoms with Crippen LogP contribution in [-0.4, -0.2) is 11.2 Å². The molecule has 1 saturated carbocycles. The molecule has 0 unspecified atom stereocenters. The minimum Gasteiger partial charge on any atom is -0.360 e. The highest BCUT2D eigenvalue weighted by Crippen LogP contribution is 2.28. The van der Waals surface area contributed by atoms with Crippen molar-refractivity contribution in [2.24, 2.45) is 0 Å². The van der Waals surface area contributed by atoms with Gasteiger partial charge in [-0.15, -0.1) is 0 Å². The van der Waals surface area contributed by atoms with Crippen molar-refractivity contribution in [3.8, 4) is 0 Å². The lowest BCUT2D eigenvalue weighted by Crippen LogP contribution is -2.39. The summed E-state index contributed by atoms with van der Waals surface area (Å²) >= 11 is 9.03. The minimum absolute atomic E-state index is 0.540. The molecule has 1 aliphatic carbocycles.